The van der Waals surface area contributed by atoms with Crippen LogP contribution in [0.15, 0.2) is 89.7 Å². The zero-order valence-electron chi connectivity index (χ0n) is 31.7. The molecule has 2 heterocycles. The molecule has 0 saturated heterocycles. The van der Waals surface area contributed by atoms with Crippen molar-refractivity contribution in [2.75, 3.05) is 42.8 Å². The second kappa shape index (κ2) is 19.9. The van der Waals surface area contributed by atoms with Gasteiger partial charge >= 0.3 is 0 Å². The highest BCUT2D eigenvalue weighted by Gasteiger charge is 2.28. The molecule has 1 amide bonds. The lowest BCUT2D eigenvalue weighted by Gasteiger charge is -2.35. The van der Waals surface area contributed by atoms with E-state index in [1.54, 1.807) is 36.8 Å². The molecule has 290 valence electrons. The lowest BCUT2D eigenvalue weighted by atomic mass is 9.96. The van der Waals surface area contributed by atoms with Crippen LogP contribution in [0, 0.1) is 0 Å². The van der Waals surface area contributed by atoms with Crippen LogP contribution in [-0.4, -0.2) is 66.9 Å². The maximum absolute atomic E-state index is 13.9. The number of nitrogens with one attached hydrogen (secondary N) is 1. The van der Waals surface area contributed by atoms with Crippen LogP contribution >= 0.6 is 0 Å². The summed E-state index contributed by atoms with van der Waals surface area (Å²) in [6.07, 6.45) is 10.0. The van der Waals surface area contributed by atoms with Gasteiger partial charge in [0.2, 0.25) is 0 Å². The van der Waals surface area contributed by atoms with Gasteiger partial charge in [0.25, 0.3) is 16.0 Å². The molecule has 1 N–H and O–H groups in total. The van der Waals surface area contributed by atoms with Crippen molar-refractivity contribution in [1.29, 1.82) is 0 Å². The number of carbonyl (C=O) groups is 1. The van der Waals surface area contributed by atoms with Gasteiger partial charge in [-0.3, -0.25) is 9.00 Å². The number of aromatic nitrogens is 2. The third-order valence-corrected chi connectivity index (χ3v) is 10.9. The molecule has 54 heavy (non-hydrogen) atoms. The first-order valence-electron chi connectivity index (χ1n) is 18.7. The second-order valence-corrected chi connectivity index (χ2v) is 16.4. The summed E-state index contributed by atoms with van der Waals surface area (Å²) in [5.41, 5.74) is 5.38. The number of hydrogen-bond donors (Lipinski definition) is 1. The SMILES string of the molecule is CCCCOCCOc1ccc(-c2ccc3c(c2)C=C(C(=O)Nc2ccc(S(=O)Cc4cncn4CCC)cc2)CC[C@H](OS(C)(=O)=O)N3CCC)cc1. The highest BCUT2D eigenvalue weighted by molar-refractivity contribution is 7.86. The topological polar surface area (TPSA) is 129 Å². The molecule has 4 aromatic rings. The van der Waals surface area contributed by atoms with E-state index in [4.69, 9.17) is 13.7 Å². The first-order valence-corrected chi connectivity index (χ1v) is 21.8. The average Bonchev–Trinajstić information content (AvgIpc) is 3.58. The molecule has 1 aliphatic rings. The van der Waals surface area contributed by atoms with E-state index in [9.17, 15) is 17.4 Å². The number of rotatable bonds is 19. The van der Waals surface area contributed by atoms with Gasteiger partial charge in [0.15, 0.2) is 0 Å². The molecule has 3 aromatic carbocycles. The quantitative estimate of drug-likeness (QED) is 0.0750. The Bertz CT molecular complexity index is 1990. The summed E-state index contributed by atoms with van der Waals surface area (Å²) in [7, 11) is -5.09. The van der Waals surface area contributed by atoms with E-state index in [1.165, 1.54) is 0 Å². The number of imidazole rings is 1. The largest absolute Gasteiger partial charge is 0.491 e. The highest BCUT2D eigenvalue weighted by atomic mass is 32.2. The lowest BCUT2D eigenvalue weighted by Crippen LogP contribution is -2.40. The minimum Gasteiger partial charge on any atom is -0.491 e. The fourth-order valence-corrected chi connectivity index (χ4v) is 8.01. The monoisotopic (exact) mass is 776 g/mol. The van der Waals surface area contributed by atoms with E-state index < -0.39 is 27.1 Å². The number of aryl methyl sites for hydroxylation is 1. The Morgan fingerprint density at radius 3 is 2.37 bits per heavy atom. The summed E-state index contributed by atoms with van der Waals surface area (Å²) >= 11 is 0. The number of amides is 1. The van der Waals surface area contributed by atoms with E-state index in [-0.39, 0.29) is 18.7 Å². The van der Waals surface area contributed by atoms with Gasteiger partial charge in [0.1, 0.15) is 18.6 Å². The number of fused-ring (bicyclic) bond motifs is 1. The van der Waals surface area contributed by atoms with Crippen molar-refractivity contribution in [3.63, 3.8) is 0 Å². The van der Waals surface area contributed by atoms with Gasteiger partial charge in [-0.2, -0.15) is 8.42 Å². The van der Waals surface area contributed by atoms with Crippen molar-refractivity contribution in [2.24, 2.45) is 0 Å². The lowest BCUT2D eigenvalue weighted by molar-refractivity contribution is -0.113. The number of unbranched alkanes of at least 4 members (excludes halogenated alkanes) is 1. The molecular formula is C41H52N4O7S2. The highest BCUT2D eigenvalue weighted by Crippen LogP contribution is 2.35. The Morgan fingerprint density at radius 2 is 1.67 bits per heavy atom. The number of nitrogens with zero attached hydrogens (tertiary/aromatic N) is 3. The molecule has 0 spiro atoms. The zero-order chi connectivity index (χ0) is 38.5. The Kier molecular flexibility index (Phi) is 15.0. The van der Waals surface area contributed by atoms with Gasteiger partial charge in [-0.05, 0) is 103 Å². The van der Waals surface area contributed by atoms with E-state index in [0.29, 0.717) is 41.7 Å². The number of hydrogen-bond acceptors (Lipinski definition) is 9. The molecule has 0 saturated carbocycles. The summed E-state index contributed by atoms with van der Waals surface area (Å²) in [6, 6.07) is 20.8. The van der Waals surface area contributed by atoms with Crippen LogP contribution in [0.25, 0.3) is 17.2 Å². The minimum absolute atomic E-state index is 0.275. The number of anilines is 2. The molecule has 0 radical (unpaired) electrons. The fraction of sp³-hybridized carbons (Fsp3) is 0.415. The molecule has 0 bridgehead atoms. The van der Waals surface area contributed by atoms with Crippen molar-refractivity contribution in [3.05, 3.63) is 96.1 Å². The van der Waals surface area contributed by atoms with Crippen LogP contribution in [-0.2, 0) is 46.9 Å². The first kappa shape index (κ1) is 40.9. The van der Waals surface area contributed by atoms with Gasteiger partial charge in [0.05, 0.1) is 41.4 Å². The fourth-order valence-electron chi connectivity index (χ4n) is 6.29. The zero-order valence-corrected chi connectivity index (χ0v) is 33.3. The molecule has 2 atom stereocenters. The predicted octanol–water partition coefficient (Wildman–Crippen LogP) is 7.80. The van der Waals surface area contributed by atoms with Crippen LogP contribution in [0.3, 0.4) is 0 Å². The molecule has 0 aliphatic carbocycles. The van der Waals surface area contributed by atoms with Crippen molar-refractivity contribution in [2.45, 2.75) is 82.7 Å². The Labute approximate surface area is 322 Å². The molecule has 5 rings (SSSR count). The summed E-state index contributed by atoms with van der Waals surface area (Å²) in [5, 5.41) is 3.00. The van der Waals surface area contributed by atoms with Crippen LogP contribution < -0.4 is 15.0 Å². The van der Waals surface area contributed by atoms with Gasteiger partial charge in [0, 0.05) is 47.7 Å². The van der Waals surface area contributed by atoms with E-state index >= 15 is 0 Å². The Morgan fingerprint density at radius 1 is 0.926 bits per heavy atom. The molecule has 1 aliphatic heterocycles. The summed E-state index contributed by atoms with van der Waals surface area (Å²) in [4.78, 5) is 20.7. The van der Waals surface area contributed by atoms with Crippen LogP contribution in [0.5, 0.6) is 5.75 Å². The molecule has 0 fully saturated rings. The number of carbonyl (C=O) groups excluding carboxylic acids is 1. The van der Waals surface area contributed by atoms with Gasteiger partial charge in [-0.25, -0.2) is 9.17 Å². The molecular weight excluding hydrogens is 725 g/mol. The van der Waals surface area contributed by atoms with E-state index in [2.05, 4.69) is 24.1 Å². The number of ether oxygens (including phenoxy) is 2. The van der Waals surface area contributed by atoms with E-state index in [1.807, 2.05) is 64.9 Å². The molecule has 1 aromatic heterocycles. The van der Waals surface area contributed by atoms with Crippen LogP contribution in [0.1, 0.15) is 70.6 Å². The van der Waals surface area contributed by atoms with Crippen molar-refractivity contribution in [3.8, 4) is 16.9 Å². The maximum Gasteiger partial charge on any atom is 0.266 e. The van der Waals surface area contributed by atoms with Crippen LogP contribution in [0.4, 0.5) is 11.4 Å². The standard InChI is InChI=1S/C41H52N4O7S2/c1-5-8-23-50-24-25-51-37-15-9-31(10-16-37)32-11-19-39-34(26-32)27-33(12-20-40(45(39)22-7-3)52-54(4,48)49)41(46)43-35-13-17-38(18-14-35)53(47)29-36-28-42-30-44(36)21-6-2/h9-11,13-19,26-28,30,40H,5-8,12,20-25,29H2,1-4H3,(H,43,46)/t40-,53?/m0/s1. The van der Waals surface area contributed by atoms with Gasteiger partial charge in [-0.1, -0.05) is 45.4 Å². The molecule has 13 heteroatoms. The number of benzene rings is 3. The van der Waals surface area contributed by atoms with Crippen LogP contribution in [0.2, 0.25) is 0 Å². The average molecular weight is 777 g/mol. The second-order valence-electron chi connectivity index (χ2n) is 13.3. The summed E-state index contributed by atoms with van der Waals surface area (Å²) < 4.78 is 57.2. The van der Waals surface area contributed by atoms with Crippen molar-refractivity contribution >= 4 is 44.3 Å². The smallest absolute Gasteiger partial charge is 0.266 e. The predicted molar refractivity (Wildman–Crippen MR) is 215 cm³/mol. The first-order chi connectivity index (χ1) is 26.1. The third-order valence-electron chi connectivity index (χ3n) is 8.96. The Hall–Kier alpha value is -4.30. The van der Waals surface area contributed by atoms with Crippen molar-refractivity contribution in [1.82, 2.24) is 9.55 Å². The normalized spacial score (nSPS) is 15.1. The maximum atomic E-state index is 13.9. The third kappa shape index (κ3) is 11.6. The molecule has 1 unspecified atom stereocenters. The van der Waals surface area contributed by atoms with E-state index in [0.717, 1.165) is 78.9 Å². The summed E-state index contributed by atoms with van der Waals surface area (Å²) in [6.45, 7) is 9.36. The summed E-state index contributed by atoms with van der Waals surface area (Å²) in [5.74, 6) is 0.778. The van der Waals surface area contributed by atoms with Crippen molar-refractivity contribution < 1.29 is 31.1 Å². The van der Waals surface area contributed by atoms with Gasteiger partial charge in [-0.15, -0.1) is 0 Å². The minimum atomic E-state index is -3.80. The molecule has 11 nitrogen and oxygen atoms in total. The Balaban J connectivity index is 1.38. The van der Waals surface area contributed by atoms with Gasteiger partial charge < -0.3 is 24.3 Å².